The fraction of sp³-hybridized carbons (Fsp3) is 0.176. The molecule has 0 saturated carbocycles. The maximum absolute atomic E-state index is 12.4. The number of carbonyl (C=O) groups is 1. The lowest BCUT2D eigenvalue weighted by molar-refractivity contribution is 0.0770. The van der Waals surface area contributed by atoms with Gasteiger partial charge in [-0.1, -0.05) is 30.3 Å². The van der Waals surface area contributed by atoms with Gasteiger partial charge in [0.1, 0.15) is 5.75 Å². The molecule has 126 valence electrons. The van der Waals surface area contributed by atoms with Crippen molar-refractivity contribution < 1.29 is 18.8 Å². The van der Waals surface area contributed by atoms with E-state index in [0.717, 1.165) is 6.66 Å². The van der Waals surface area contributed by atoms with Crippen LogP contribution in [0.3, 0.4) is 0 Å². The van der Waals surface area contributed by atoms with E-state index in [2.05, 4.69) is 5.10 Å². The molecule has 2 rings (SSSR count). The van der Waals surface area contributed by atoms with Crippen LogP contribution in [-0.2, 0) is 4.57 Å². The molecule has 0 spiro atoms. The van der Waals surface area contributed by atoms with Crippen molar-refractivity contribution in [1.82, 2.24) is 5.01 Å². The minimum Gasteiger partial charge on any atom is -0.424 e. The number of carbonyl (C=O) groups excluding carboxylic acids is 1. The van der Waals surface area contributed by atoms with Crippen LogP contribution in [0.15, 0.2) is 59.7 Å². The number of benzene rings is 2. The summed E-state index contributed by atoms with van der Waals surface area (Å²) in [6.07, 6.45) is 1.44. The first-order valence-corrected chi connectivity index (χ1v) is 9.43. The molecule has 1 N–H and O–H groups in total. The zero-order chi connectivity index (χ0) is 17.6. The zero-order valence-corrected chi connectivity index (χ0v) is 14.4. The Morgan fingerprint density at radius 3 is 2.46 bits per heavy atom. The summed E-state index contributed by atoms with van der Waals surface area (Å²) in [6, 6.07) is 15.5. The second-order valence-corrected chi connectivity index (χ2v) is 6.85. The van der Waals surface area contributed by atoms with Gasteiger partial charge in [-0.25, -0.2) is 9.57 Å². The van der Waals surface area contributed by atoms with Crippen molar-refractivity contribution in [2.24, 2.45) is 5.10 Å². The van der Waals surface area contributed by atoms with Crippen LogP contribution in [0.5, 0.6) is 5.75 Å². The SMILES string of the molecule is CCN(N=Cc1ccccc1OP(C)(=O)O)C(=O)c1ccccc1. The Labute approximate surface area is 140 Å². The van der Waals surface area contributed by atoms with Crippen LogP contribution < -0.4 is 4.52 Å². The summed E-state index contributed by atoms with van der Waals surface area (Å²) >= 11 is 0. The molecule has 1 atom stereocenters. The van der Waals surface area contributed by atoms with Crippen molar-refractivity contribution in [3.8, 4) is 5.75 Å². The first-order valence-electron chi connectivity index (χ1n) is 7.40. The number of hydrazone groups is 1. The Balaban J connectivity index is 2.23. The Kier molecular flexibility index (Phi) is 5.90. The van der Waals surface area contributed by atoms with Gasteiger partial charge in [0.05, 0.1) is 6.21 Å². The summed E-state index contributed by atoms with van der Waals surface area (Å²) < 4.78 is 16.5. The molecule has 0 aliphatic carbocycles. The largest absolute Gasteiger partial charge is 0.424 e. The molecule has 24 heavy (non-hydrogen) atoms. The summed E-state index contributed by atoms with van der Waals surface area (Å²) in [6.45, 7) is 3.31. The average molecular weight is 346 g/mol. The van der Waals surface area contributed by atoms with Crippen molar-refractivity contribution in [1.29, 1.82) is 0 Å². The maximum Gasteiger partial charge on any atom is 0.373 e. The van der Waals surface area contributed by atoms with Crippen molar-refractivity contribution in [3.05, 3.63) is 65.7 Å². The number of rotatable bonds is 6. The molecule has 7 heteroatoms. The summed E-state index contributed by atoms with van der Waals surface area (Å²) in [5.41, 5.74) is 1.04. The number of hydrogen-bond donors (Lipinski definition) is 1. The Hall–Kier alpha value is -2.43. The Morgan fingerprint density at radius 1 is 1.21 bits per heavy atom. The van der Waals surface area contributed by atoms with Crippen LogP contribution in [0.4, 0.5) is 0 Å². The van der Waals surface area contributed by atoms with Gasteiger partial charge in [0, 0.05) is 24.3 Å². The van der Waals surface area contributed by atoms with Gasteiger partial charge in [-0.15, -0.1) is 0 Å². The predicted octanol–water partition coefficient (Wildman–Crippen LogP) is 3.38. The van der Waals surface area contributed by atoms with Crippen LogP contribution in [0, 0.1) is 0 Å². The van der Waals surface area contributed by atoms with Gasteiger partial charge in [0.25, 0.3) is 5.91 Å². The van der Waals surface area contributed by atoms with Gasteiger partial charge in [-0.2, -0.15) is 5.10 Å². The number of hydrogen-bond acceptors (Lipinski definition) is 4. The van der Waals surface area contributed by atoms with E-state index < -0.39 is 7.60 Å². The van der Waals surface area contributed by atoms with Crippen LogP contribution in [0.25, 0.3) is 0 Å². The molecule has 0 radical (unpaired) electrons. The highest BCUT2D eigenvalue weighted by Crippen LogP contribution is 2.39. The lowest BCUT2D eigenvalue weighted by atomic mass is 10.2. The molecule has 6 nitrogen and oxygen atoms in total. The van der Waals surface area contributed by atoms with Gasteiger partial charge in [-0.3, -0.25) is 4.79 Å². The van der Waals surface area contributed by atoms with E-state index in [0.29, 0.717) is 17.7 Å². The van der Waals surface area contributed by atoms with Crippen molar-refractivity contribution >= 4 is 19.7 Å². The first-order chi connectivity index (χ1) is 11.4. The maximum atomic E-state index is 12.4. The van der Waals surface area contributed by atoms with Gasteiger partial charge in [0.2, 0.25) is 0 Å². The van der Waals surface area contributed by atoms with Gasteiger partial charge < -0.3 is 9.42 Å². The van der Waals surface area contributed by atoms with Crippen LogP contribution in [0.1, 0.15) is 22.8 Å². The monoisotopic (exact) mass is 346 g/mol. The van der Waals surface area contributed by atoms with Crippen LogP contribution >= 0.6 is 7.60 Å². The van der Waals surface area contributed by atoms with E-state index >= 15 is 0 Å². The van der Waals surface area contributed by atoms with E-state index in [1.165, 1.54) is 11.2 Å². The zero-order valence-electron chi connectivity index (χ0n) is 13.5. The second-order valence-electron chi connectivity index (χ2n) is 5.06. The molecule has 1 unspecified atom stereocenters. The third-order valence-electron chi connectivity index (χ3n) is 3.08. The fourth-order valence-corrected chi connectivity index (χ4v) is 2.52. The van der Waals surface area contributed by atoms with Crippen molar-refractivity contribution in [2.45, 2.75) is 6.92 Å². The quantitative estimate of drug-likeness (QED) is 0.494. The summed E-state index contributed by atoms with van der Waals surface area (Å²) in [4.78, 5) is 21.8. The smallest absolute Gasteiger partial charge is 0.373 e. The number of para-hydroxylation sites is 1. The summed E-state index contributed by atoms with van der Waals surface area (Å²) in [5.74, 6) is 0.00821. The molecule has 0 saturated heterocycles. The highest BCUT2D eigenvalue weighted by Gasteiger charge is 2.15. The van der Waals surface area contributed by atoms with Gasteiger partial charge in [-0.05, 0) is 31.2 Å². The molecule has 2 aromatic rings. The van der Waals surface area contributed by atoms with Crippen molar-refractivity contribution in [2.75, 3.05) is 13.2 Å². The third kappa shape index (κ3) is 5.05. The third-order valence-corrected chi connectivity index (χ3v) is 3.61. The van der Waals surface area contributed by atoms with E-state index in [1.54, 1.807) is 48.5 Å². The topological polar surface area (TPSA) is 79.2 Å². The summed E-state index contributed by atoms with van der Waals surface area (Å²) in [5, 5.41) is 5.50. The molecule has 0 aliphatic heterocycles. The number of amides is 1. The van der Waals surface area contributed by atoms with Gasteiger partial charge >= 0.3 is 7.60 Å². The highest BCUT2D eigenvalue weighted by atomic mass is 31.2. The minimum absolute atomic E-state index is 0.226. The lowest BCUT2D eigenvalue weighted by Gasteiger charge is -2.15. The molecule has 0 heterocycles. The standard InChI is InChI=1S/C17H19N2O4P/c1-3-19(17(20)14-9-5-4-6-10-14)18-13-15-11-7-8-12-16(15)23-24(2,21)22/h4-13H,3H2,1-2H3,(H,21,22). The average Bonchev–Trinajstić information content (AvgIpc) is 2.56. The molecule has 0 aromatic heterocycles. The lowest BCUT2D eigenvalue weighted by Crippen LogP contribution is -2.25. The molecule has 1 amide bonds. The van der Waals surface area contributed by atoms with E-state index in [-0.39, 0.29) is 11.7 Å². The molecule has 0 fully saturated rings. The van der Waals surface area contributed by atoms with Crippen LogP contribution in [-0.4, -0.2) is 35.2 Å². The minimum atomic E-state index is -3.68. The van der Waals surface area contributed by atoms with E-state index in [4.69, 9.17) is 4.52 Å². The molecule has 2 aromatic carbocycles. The molecule has 0 aliphatic rings. The van der Waals surface area contributed by atoms with E-state index in [1.807, 2.05) is 13.0 Å². The highest BCUT2D eigenvalue weighted by molar-refractivity contribution is 7.52. The van der Waals surface area contributed by atoms with Crippen LogP contribution in [0.2, 0.25) is 0 Å². The molecule has 0 bridgehead atoms. The van der Waals surface area contributed by atoms with Gasteiger partial charge in [0.15, 0.2) is 0 Å². The Bertz CT molecular complexity index is 771. The first kappa shape index (κ1) is 17.9. The Morgan fingerprint density at radius 2 is 1.83 bits per heavy atom. The normalized spacial score (nSPS) is 13.5. The fourth-order valence-electron chi connectivity index (χ4n) is 1.99. The number of nitrogens with zero attached hydrogens (tertiary/aromatic N) is 2. The summed E-state index contributed by atoms with van der Waals surface area (Å²) in [7, 11) is -3.68. The predicted molar refractivity (Wildman–Crippen MR) is 93.6 cm³/mol. The van der Waals surface area contributed by atoms with E-state index in [9.17, 15) is 14.3 Å². The molecular formula is C17H19N2O4P. The second kappa shape index (κ2) is 7.90. The van der Waals surface area contributed by atoms with Crippen molar-refractivity contribution in [3.63, 3.8) is 0 Å². The molecular weight excluding hydrogens is 327 g/mol.